The highest BCUT2D eigenvalue weighted by Gasteiger charge is 2.08. The number of aromatic nitrogens is 3. The van der Waals surface area contributed by atoms with Crippen LogP contribution >= 0.6 is 12.2 Å². The largest absolute Gasteiger partial charge is 0.355 e. The predicted octanol–water partition coefficient (Wildman–Crippen LogP) is 3.37. The highest BCUT2D eigenvalue weighted by Crippen LogP contribution is 2.16. The van der Waals surface area contributed by atoms with E-state index < -0.39 is 0 Å². The van der Waals surface area contributed by atoms with Crippen molar-refractivity contribution in [1.29, 1.82) is 0 Å². The molecule has 0 bridgehead atoms. The fourth-order valence-electron chi connectivity index (χ4n) is 2.80. The van der Waals surface area contributed by atoms with Crippen molar-refractivity contribution >= 4 is 18.1 Å². The molecule has 0 saturated heterocycles. The topological polar surface area (TPSA) is 66.0 Å². The summed E-state index contributed by atoms with van der Waals surface area (Å²) in [7, 11) is 3.64. The van der Waals surface area contributed by atoms with E-state index in [9.17, 15) is 4.79 Å². The van der Waals surface area contributed by atoms with Crippen LogP contribution in [0.3, 0.4) is 0 Å². The van der Waals surface area contributed by atoms with Gasteiger partial charge in [-0.3, -0.25) is 14.8 Å². The molecule has 1 amide bonds. The van der Waals surface area contributed by atoms with E-state index in [2.05, 4.69) is 39.4 Å². The lowest BCUT2D eigenvalue weighted by atomic mass is 10.1. The maximum atomic E-state index is 11.6. The first kappa shape index (κ1) is 19.0. The van der Waals surface area contributed by atoms with Crippen LogP contribution in [0.25, 0.3) is 11.4 Å². The van der Waals surface area contributed by atoms with E-state index in [1.807, 2.05) is 48.1 Å². The molecule has 0 aliphatic heterocycles. The van der Waals surface area contributed by atoms with Gasteiger partial charge in [0.25, 0.3) is 5.91 Å². The van der Waals surface area contributed by atoms with Crippen LogP contribution in [0.4, 0.5) is 0 Å². The summed E-state index contributed by atoms with van der Waals surface area (Å²) in [5, 5.41) is 5.90. The maximum Gasteiger partial charge on any atom is 0.251 e. The molecule has 140 valence electrons. The van der Waals surface area contributed by atoms with E-state index in [1.165, 1.54) is 5.56 Å². The third kappa shape index (κ3) is 4.69. The Bertz CT molecular complexity index is 973. The fraction of sp³-hybridized carbons (Fsp3) is 0.250. The molecule has 0 saturated carbocycles. The van der Waals surface area contributed by atoms with Gasteiger partial charge in [-0.15, -0.1) is 0 Å². The number of carbonyl (C=O) groups is 1. The number of H-pyrrole nitrogens is 1. The lowest BCUT2D eigenvalue weighted by molar-refractivity contribution is 0.0963. The van der Waals surface area contributed by atoms with Gasteiger partial charge in [0.05, 0.1) is 6.67 Å². The van der Waals surface area contributed by atoms with Gasteiger partial charge in [0.15, 0.2) is 5.82 Å². The number of amides is 1. The van der Waals surface area contributed by atoms with Crippen LogP contribution in [0.2, 0.25) is 0 Å². The Morgan fingerprint density at radius 2 is 1.85 bits per heavy atom. The quantitative estimate of drug-likeness (QED) is 0.643. The lowest BCUT2D eigenvalue weighted by Crippen LogP contribution is -2.22. The van der Waals surface area contributed by atoms with E-state index in [0.29, 0.717) is 17.0 Å². The zero-order chi connectivity index (χ0) is 19.4. The summed E-state index contributed by atoms with van der Waals surface area (Å²) in [5.74, 6) is 0.686. The minimum absolute atomic E-state index is 0.0812. The summed E-state index contributed by atoms with van der Waals surface area (Å²) in [4.78, 5) is 18.2. The standard InChI is InChI=1S/C20H23N5OS/c1-14-4-8-16(9-5-14)18-22-20(27)25(23-18)13-24(3)12-15-6-10-17(11-7-15)19(26)21-2/h4-11H,12-13H2,1-3H3,(H,21,26)(H,22,23,27). The van der Waals surface area contributed by atoms with E-state index >= 15 is 0 Å². The molecule has 0 unspecified atom stereocenters. The molecule has 1 aromatic heterocycles. The van der Waals surface area contributed by atoms with Gasteiger partial charge in [0, 0.05) is 24.7 Å². The van der Waals surface area contributed by atoms with Crippen molar-refractivity contribution in [3.05, 3.63) is 70.0 Å². The van der Waals surface area contributed by atoms with Crippen LogP contribution < -0.4 is 5.32 Å². The lowest BCUT2D eigenvalue weighted by Gasteiger charge is -2.17. The third-order valence-electron chi connectivity index (χ3n) is 4.28. The van der Waals surface area contributed by atoms with Gasteiger partial charge >= 0.3 is 0 Å². The maximum absolute atomic E-state index is 11.6. The number of aromatic amines is 1. The van der Waals surface area contributed by atoms with Crippen LogP contribution in [0, 0.1) is 11.7 Å². The Balaban J connectivity index is 1.67. The summed E-state index contributed by atoms with van der Waals surface area (Å²) < 4.78 is 2.37. The number of hydrogen-bond donors (Lipinski definition) is 2. The number of benzene rings is 2. The minimum Gasteiger partial charge on any atom is -0.355 e. The van der Waals surface area contributed by atoms with E-state index in [-0.39, 0.29) is 5.91 Å². The summed E-state index contributed by atoms with van der Waals surface area (Å²) >= 11 is 5.39. The SMILES string of the molecule is CNC(=O)c1ccc(CN(C)Cn2[nH]c(-c3ccc(C)cc3)nc2=S)cc1. The first-order chi connectivity index (χ1) is 13.0. The summed E-state index contributed by atoms with van der Waals surface area (Å²) in [5.41, 5.74) is 3.99. The molecule has 1 heterocycles. The smallest absolute Gasteiger partial charge is 0.251 e. The molecule has 0 spiro atoms. The zero-order valence-corrected chi connectivity index (χ0v) is 16.5. The Labute approximate surface area is 163 Å². The first-order valence-electron chi connectivity index (χ1n) is 8.69. The monoisotopic (exact) mass is 381 g/mol. The molecule has 0 aliphatic rings. The summed E-state index contributed by atoms with van der Waals surface area (Å²) in [6.07, 6.45) is 0. The summed E-state index contributed by atoms with van der Waals surface area (Å²) in [6, 6.07) is 15.8. The second-order valence-corrected chi connectivity index (χ2v) is 6.95. The molecule has 3 aromatic rings. The Morgan fingerprint density at radius 1 is 1.19 bits per heavy atom. The molecule has 0 radical (unpaired) electrons. The van der Waals surface area contributed by atoms with Crippen molar-refractivity contribution in [2.24, 2.45) is 0 Å². The molecular formula is C20H23N5OS. The average Bonchev–Trinajstić information content (AvgIpc) is 3.02. The van der Waals surface area contributed by atoms with Crippen LogP contribution in [-0.4, -0.2) is 39.7 Å². The highest BCUT2D eigenvalue weighted by atomic mass is 32.1. The van der Waals surface area contributed by atoms with Crippen LogP contribution in [0.5, 0.6) is 0 Å². The molecule has 2 N–H and O–H groups in total. The average molecular weight is 382 g/mol. The summed E-state index contributed by atoms with van der Waals surface area (Å²) in [6.45, 7) is 3.38. The van der Waals surface area contributed by atoms with Gasteiger partial charge in [-0.25, -0.2) is 4.68 Å². The highest BCUT2D eigenvalue weighted by molar-refractivity contribution is 7.71. The number of nitrogens with one attached hydrogen (secondary N) is 2. The van der Waals surface area contributed by atoms with Gasteiger partial charge in [0.1, 0.15) is 0 Å². The number of aryl methyl sites for hydroxylation is 1. The number of carbonyl (C=O) groups excluding carboxylic acids is 1. The molecule has 2 aromatic carbocycles. The van der Waals surface area contributed by atoms with Crippen molar-refractivity contribution in [3.63, 3.8) is 0 Å². The van der Waals surface area contributed by atoms with Gasteiger partial charge < -0.3 is 5.32 Å². The number of hydrogen-bond acceptors (Lipinski definition) is 4. The normalized spacial score (nSPS) is 11.0. The van der Waals surface area contributed by atoms with Gasteiger partial charge in [0.2, 0.25) is 4.77 Å². The van der Waals surface area contributed by atoms with Crippen LogP contribution in [-0.2, 0) is 13.2 Å². The van der Waals surface area contributed by atoms with Crippen molar-refractivity contribution in [1.82, 2.24) is 25.0 Å². The Kier molecular flexibility index (Phi) is 5.83. The van der Waals surface area contributed by atoms with Crippen LogP contribution in [0.1, 0.15) is 21.5 Å². The predicted molar refractivity (Wildman–Crippen MR) is 109 cm³/mol. The van der Waals surface area contributed by atoms with E-state index in [4.69, 9.17) is 12.2 Å². The van der Waals surface area contributed by atoms with E-state index in [0.717, 1.165) is 23.5 Å². The van der Waals surface area contributed by atoms with Gasteiger partial charge in [-0.1, -0.05) is 42.0 Å². The Hall–Kier alpha value is -2.77. The molecule has 0 atom stereocenters. The third-order valence-corrected chi connectivity index (χ3v) is 4.59. The van der Waals surface area contributed by atoms with Crippen molar-refractivity contribution in [3.8, 4) is 11.4 Å². The minimum atomic E-state index is -0.0812. The van der Waals surface area contributed by atoms with Gasteiger partial charge in [-0.05, 0) is 43.9 Å². The first-order valence-corrected chi connectivity index (χ1v) is 9.10. The molecule has 0 fully saturated rings. The molecule has 27 heavy (non-hydrogen) atoms. The van der Waals surface area contributed by atoms with Crippen molar-refractivity contribution in [2.75, 3.05) is 14.1 Å². The molecule has 3 rings (SSSR count). The second kappa shape index (κ2) is 8.28. The van der Waals surface area contributed by atoms with Crippen LogP contribution in [0.15, 0.2) is 48.5 Å². The molecular weight excluding hydrogens is 358 g/mol. The molecule has 0 aliphatic carbocycles. The molecule has 6 nitrogen and oxygen atoms in total. The van der Waals surface area contributed by atoms with Crippen molar-refractivity contribution in [2.45, 2.75) is 20.1 Å². The second-order valence-electron chi connectivity index (χ2n) is 6.58. The van der Waals surface area contributed by atoms with E-state index in [1.54, 1.807) is 7.05 Å². The zero-order valence-electron chi connectivity index (χ0n) is 15.7. The number of nitrogens with zero attached hydrogens (tertiary/aromatic N) is 3. The van der Waals surface area contributed by atoms with Crippen molar-refractivity contribution < 1.29 is 4.79 Å². The number of rotatable bonds is 6. The fourth-order valence-corrected chi connectivity index (χ4v) is 3.00. The van der Waals surface area contributed by atoms with Gasteiger partial charge in [-0.2, -0.15) is 4.98 Å². The Morgan fingerprint density at radius 3 is 2.48 bits per heavy atom. The molecule has 7 heteroatoms.